The van der Waals surface area contributed by atoms with Gasteiger partial charge in [-0.05, 0) is 57.5 Å². The predicted molar refractivity (Wildman–Crippen MR) is 66.9 cm³/mol. The van der Waals surface area contributed by atoms with E-state index in [0.717, 1.165) is 24.4 Å². The summed E-state index contributed by atoms with van der Waals surface area (Å²) in [7, 11) is 0. The van der Waals surface area contributed by atoms with Gasteiger partial charge >= 0.3 is 0 Å². The Morgan fingerprint density at radius 3 is 2.73 bits per heavy atom. The maximum Gasteiger partial charge on any atom is 0.00695 e. The van der Waals surface area contributed by atoms with Crippen molar-refractivity contribution < 1.29 is 0 Å². The van der Waals surface area contributed by atoms with E-state index in [4.69, 9.17) is 5.73 Å². The highest BCUT2D eigenvalue weighted by Crippen LogP contribution is 2.23. The normalized spacial score (nSPS) is 30.4. The van der Waals surface area contributed by atoms with Crippen LogP contribution < -0.4 is 5.73 Å². The molecule has 0 aromatic rings. The van der Waals surface area contributed by atoms with Crippen LogP contribution in [0.5, 0.6) is 0 Å². The maximum absolute atomic E-state index is 5.54. The van der Waals surface area contributed by atoms with Crippen LogP contribution in [0.4, 0.5) is 0 Å². The molecule has 0 aliphatic carbocycles. The van der Waals surface area contributed by atoms with Crippen molar-refractivity contribution in [2.75, 3.05) is 19.6 Å². The highest BCUT2D eigenvalue weighted by atomic mass is 15.2. The Bertz CT molecular complexity index is 170. The molecule has 0 amide bonds. The molecule has 0 aromatic carbocycles. The fourth-order valence-electron chi connectivity index (χ4n) is 2.68. The quantitative estimate of drug-likeness (QED) is 0.758. The molecule has 1 aliphatic heterocycles. The van der Waals surface area contributed by atoms with E-state index in [2.05, 4.69) is 25.7 Å². The molecule has 3 atom stereocenters. The van der Waals surface area contributed by atoms with Crippen molar-refractivity contribution in [1.82, 2.24) is 4.90 Å². The van der Waals surface area contributed by atoms with Gasteiger partial charge in [-0.15, -0.1) is 0 Å². The predicted octanol–water partition coefficient (Wildman–Crippen LogP) is 2.48. The maximum atomic E-state index is 5.54. The minimum absolute atomic E-state index is 0.786. The summed E-state index contributed by atoms with van der Waals surface area (Å²) in [5.41, 5.74) is 5.54. The average molecular weight is 212 g/mol. The smallest absolute Gasteiger partial charge is 0.00695 e. The Morgan fingerprint density at radius 1 is 1.40 bits per heavy atom. The molecule has 0 spiro atoms. The monoisotopic (exact) mass is 212 g/mol. The summed E-state index contributed by atoms with van der Waals surface area (Å²) in [4.78, 5) is 2.67. The van der Waals surface area contributed by atoms with E-state index in [0.29, 0.717) is 0 Å². The van der Waals surface area contributed by atoms with Gasteiger partial charge in [0.15, 0.2) is 0 Å². The van der Waals surface area contributed by atoms with Crippen molar-refractivity contribution in [2.45, 2.75) is 52.5 Å². The van der Waals surface area contributed by atoms with Crippen LogP contribution in [0.25, 0.3) is 0 Å². The lowest BCUT2D eigenvalue weighted by Crippen LogP contribution is -2.42. The van der Waals surface area contributed by atoms with Crippen LogP contribution in [0, 0.1) is 11.8 Å². The van der Waals surface area contributed by atoms with E-state index in [9.17, 15) is 0 Å². The Morgan fingerprint density at radius 2 is 2.13 bits per heavy atom. The summed E-state index contributed by atoms with van der Waals surface area (Å²) < 4.78 is 0. The second kappa shape index (κ2) is 6.49. The van der Waals surface area contributed by atoms with Crippen molar-refractivity contribution in [2.24, 2.45) is 17.6 Å². The first-order valence-corrected chi connectivity index (χ1v) is 6.57. The summed E-state index contributed by atoms with van der Waals surface area (Å²) in [6.45, 7) is 10.5. The number of likely N-dealkylation sites (tertiary alicyclic amines) is 1. The molecule has 1 saturated heterocycles. The van der Waals surface area contributed by atoms with Crippen LogP contribution in [0.3, 0.4) is 0 Å². The first kappa shape index (κ1) is 13.0. The molecular weight excluding hydrogens is 184 g/mol. The van der Waals surface area contributed by atoms with Gasteiger partial charge in [-0.1, -0.05) is 13.8 Å². The van der Waals surface area contributed by atoms with Crippen LogP contribution in [0.1, 0.15) is 46.5 Å². The largest absolute Gasteiger partial charge is 0.330 e. The second-order valence-electron chi connectivity index (χ2n) is 5.51. The number of nitrogens with two attached hydrogens (primary N) is 1. The van der Waals surface area contributed by atoms with Gasteiger partial charge in [0.2, 0.25) is 0 Å². The third-order valence-electron chi connectivity index (χ3n) is 3.72. The molecule has 3 unspecified atom stereocenters. The van der Waals surface area contributed by atoms with Gasteiger partial charge < -0.3 is 10.6 Å². The van der Waals surface area contributed by atoms with Crippen LogP contribution in [-0.2, 0) is 0 Å². The molecule has 90 valence electrons. The van der Waals surface area contributed by atoms with Crippen LogP contribution in [0.2, 0.25) is 0 Å². The van der Waals surface area contributed by atoms with Gasteiger partial charge in [-0.25, -0.2) is 0 Å². The van der Waals surface area contributed by atoms with E-state index in [-0.39, 0.29) is 0 Å². The van der Waals surface area contributed by atoms with Crippen LogP contribution >= 0.6 is 0 Å². The van der Waals surface area contributed by atoms with Crippen molar-refractivity contribution in [3.05, 3.63) is 0 Å². The highest BCUT2D eigenvalue weighted by Gasteiger charge is 2.23. The minimum Gasteiger partial charge on any atom is -0.330 e. The van der Waals surface area contributed by atoms with E-state index in [1.54, 1.807) is 0 Å². The Kier molecular flexibility index (Phi) is 5.62. The zero-order valence-corrected chi connectivity index (χ0v) is 10.7. The molecule has 0 bridgehead atoms. The average Bonchev–Trinajstić information content (AvgIpc) is 2.19. The van der Waals surface area contributed by atoms with E-state index in [1.165, 1.54) is 38.8 Å². The molecule has 2 heteroatoms. The lowest BCUT2D eigenvalue weighted by molar-refractivity contribution is 0.111. The number of rotatable bonds is 5. The lowest BCUT2D eigenvalue weighted by atomic mass is 9.92. The number of hydrogen-bond donors (Lipinski definition) is 1. The van der Waals surface area contributed by atoms with Crippen molar-refractivity contribution in [1.29, 1.82) is 0 Å². The summed E-state index contributed by atoms with van der Waals surface area (Å²) in [5.74, 6) is 1.74. The van der Waals surface area contributed by atoms with Gasteiger partial charge in [0.05, 0.1) is 0 Å². The van der Waals surface area contributed by atoms with Crippen LogP contribution in [0.15, 0.2) is 0 Å². The van der Waals surface area contributed by atoms with Gasteiger partial charge in [0.1, 0.15) is 0 Å². The molecule has 2 nitrogen and oxygen atoms in total. The first-order valence-electron chi connectivity index (χ1n) is 6.57. The molecule has 15 heavy (non-hydrogen) atoms. The van der Waals surface area contributed by atoms with Gasteiger partial charge in [-0.2, -0.15) is 0 Å². The standard InChI is InChI=1S/C13H28N2/c1-11-6-8-15(13(3)9-11)10-12(2)5-4-7-14/h11-13H,4-10,14H2,1-3H3. The number of piperidine rings is 1. The molecule has 0 aromatic heterocycles. The molecule has 1 aliphatic rings. The van der Waals surface area contributed by atoms with Gasteiger partial charge in [0.25, 0.3) is 0 Å². The second-order valence-corrected chi connectivity index (χ2v) is 5.51. The Labute approximate surface area is 95.2 Å². The summed E-state index contributed by atoms with van der Waals surface area (Å²) in [5, 5.41) is 0. The fraction of sp³-hybridized carbons (Fsp3) is 1.00. The summed E-state index contributed by atoms with van der Waals surface area (Å²) in [6.07, 6.45) is 5.23. The number of hydrogen-bond acceptors (Lipinski definition) is 2. The molecule has 2 N–H and O–H groups in total. The highest BCUT2D eigenvalue weighted by molar-refractivity contribution is 4.78. The third kappa shape index (κ3) is 4.52. The molecular formula is C13H28N2. The van der Waals surface area contributed by atoms with Crippen molar-refractivity contribution in [3.63, 3.8) is 0 Å². The van der Waals surface area contributed by atoms with Gasteiger partial charge in [0, 0.05) is 12.6 Å². The molecule has 1 rings (SSSR count). The Hall–Kier alpha value is -0.0800. The zero-order valence-electron chi connectivity index (χ0n) is 10.7. The van der Waals surface area contributed by atoms with Gasteiger partial charge in [-0.3, -0.25) is 0 Å². The first-order chi connectivity index (χ1) is 7.13. The number of nitrogens with zero attached hydrogens (tertiary/aromatic N) is 1. The lowest BCUT2D eigenvalue weighted by Gasteiger charge is -2.38. The summed E-state index contributed by atoms with van der Waals surface area (Å²) in [6, 6.07) is 0.786. The van der Waals surface area contributed by atoms with Crippen LogP contribution in [-0.4, -0.2) is 30.6 Å². The van der Waals surface area contributed by atoms with Crippen molar-refractivity contribution in [3.8, 4) is 0 Å². The van der Waals surface area contributed by atoms with Crippen molar-refractivity contribution >= 4 is 0 Å². The Balaban J connectivity index is 2.25. The fourth-order valence-corrected chi connectivity index (χ4v) is 2.68. The minimum atomic E-state index is 0.786. The molecule has 1 heterocycles. The van der Waals surface area contributed by atoms with E-state index < -0.39 is 0 Å². The van der Waals surface area contributed by atoms with E-state index >= 15 is 0 Å². The molecule has 0 radical (unpaired) electrons. The topological polar surface area (TPSA) is 29.3 Å². The zero-order chi connectivity index (χ0) is 11.3. The van der Waals surface area contributed by atoms with E-state index in [1.807, 2.05) is 0 Å². The molecule has 0 saturated carbocycles. The third-order valence-corrected chi connectivity index (χ3v) is 3.72. The summed E-state index contributed by atoms with van der Waals surface area (Å²) >= 11 is 0. The SMILES string of the molecule is CC1CCN(CC(C)CCCN)C(C)C1. The molecule has 1 fully saturated rings.